The van der Waals surface area contributed by atoms with Gasteiger partial charge in [-0.1, -0.05) is 36.0 Å². The number of aromatic nitrogens is 4. The van der Waals surface area contributed by atoms with Gasteiger partial charge in [-0.15, -0.1) is 10.2 Å². The lowest BCUT2D eigenvalue weighted by atomic mass is 10.1. The number of hydrogen-bond donors (Lipinski definition) is 1. The lowest BCUT2D eigenvalue weighted by molar-refractivity contribution is -0.118. The van der Waals surface area contributed by atoms with Crippen LogP contribution in [0, 0.1) is 0 Å². The van der Waals surface area contributed by atoms with Crippen LogP contribution < -0.4 is 10.2 Å². The second kappa shape index (κ2) is 9.56. The van der Waals surface area contributed by atoms with Crippen LogP contribution in [0.2, 0.25) is 0 Å². The van der Waals surface area contributed by atoms with E-state index in [2.05, 4.69) is 30.0 Å². The number of piperidine rings is 1. The maximum absolute atomic E-state index is 12.3. The first kappa shape index (κ1) is 19.4. The molecule has 1 aromatic carbocycles. The summed E-state index contributed by atoms with van der Waals surface area (Å²) in [5, 5.41) is 12.5. The van der Waals surface area contributed by atoms with E-state index in [1.807, 2.05) is 48.5 Å². The first-order chi connectivity index (χ1) is 14.3. The highest BCUT2D eigenvalue weighted by Gasteiger charge is 2.21. The fourth-order valence-electron chi connectivity index (χ4n) is 3.33. The average Bonchev–Trinajstić information content (AvgIpc) is 3.22. The number of benzene rings is 1. The average molecular weight is 409 g/mol. The first-order valence-corrected chi connectivity index (χ1v) is 10.8. The summed E-state index contributed by atoms with van der Waals surface area (Å²) in [4.78, 5) is 18.8. The number of carbonyl (C=O) groups is 1. The second-order valence-corrected chi connectivity index (χ2v) is 7.83. The fourth-order valence-corrected chi connectivity index (χ4v) is 4.11. The summed E-state index contributed by atoms with van der Waals surface area (Å²) in [6, 6.07) is 15.7. The Bertz CT molecular complexity index is 925. The molecule has 1 aliphatic rings. The Balaban J connectivity index is 1.46. The maximum atomic E-state index is 12.3. The molecule has 2 aromatic heterocycles. The van der Waals surface area contributed by atoms with E-state index in [0.29, 0.717) is 6.54 Å². The first-order valence-electron chi connectivity index (χ1n) is 9.86. The van der Waals surface area contributed by atoms with E-state index in [0.717, 1.165) is 35.6 Å². The lowest BCUT2D eigenvalue weighted by Gasteiger charge is -2.27. The topological polar surface area (TPSA) is 75.9 Å². The second-order valence-electron chi connectivity index (χ2n) is 6.89. The van der Waals surface area contributed by atoms with E-state index < -0.39 is 0 Å². The number of thioether (sulfide) groups is 1. The van der Waals surface area contributed by atoms with Crippen molar-refractivity contribution in [1.29, 1.82) is 0 Å². The van der Waals surface area contributed by atoms with Gasteiger partial charge in [0.05, 0.1) is 23.7 Å². The number of anilines is 1. The van der Waals surface area contributed by atoms with Crippen LogP contribution in [0.3, 0.4) is 0 Å². The zero-order chi connectivity index (χ0) is 19.9. The molecule has 0 bridgehead atoms. The minimum Gasteiger partial charge on any atom is -0.350 e. The molecule has 7 nitrogen and oxygen atoms in total. The number of pyridine rings is 1. The number of nitrogens with one attached hydrogen (secondary N) is 1. The molecule has 0 saturated carbocycles. The summed E-state index contributed by atoms with van der Waals surface area (Å²) < 4.78 is 2.06. The Labute approximate surface area is 174 Å². The Morgan fingerprint density at radius 2 is 1.79 bits per heavy atom. The molecule has 0 atom stereocenters. The van der Waals surface area contributed by atoms with E-state index in [-0.39, 0.29) is 11.7 Å². The van der Waals surface area contributed by atoms with Gasteiger partial charge in [0, 0.05) is 19.3 Å². The molecule has 1 amide bonds. The number of amides is 1. The van der Waals surface area contributed by atoms with Crippen molar-refractivity contribution in [3.63, 3.8) is 0 Å². The smallest absolute Gasteiger partial charge is 0.232 e. The summed E-state index contributed by atoms with van der Waals surface area (Å²) in [6.45, 7) is 2.39. The van der Waals surface area contributed by atoms with Gasteiger partial charge in [0.15, 0.2) is 5.16 Å². The molecule has 150 valence electrons. The van der Waals surface area contributed by atoms with Crippen molar-refractivity contribution in [2.24, 2.45) is 0 Å². The van der Waals surface area contributed by atoms with Crippen LogP contribution >= 0.6 is 11.8 Å². The molecule has 1 saturated heterocycles. The molecule has 0 radical (unpaired) electrons. The third-order valence-electron chi connectivity index (χ3n) is 4.79. The largest absolute Gasteiger partial charge is 0.350 e. The van der Waals surface area contributed by atoms with Crippen molar-refractivity contribution in [2.75, 3.05) is 23.7 Å². The summed E-state index contributed by atoms with van der Waals surface area (Å²) in [5.41, 5.74) is 1.85. The standard InChI is InChI=1S/C21H24N6OS/c28-19(23-15-17-9-5-6-12-22-17)16-29-21-25-24-20(26-13-7-2-8-14-26)27(21)18-10-3-1-4-11-18/h1,3-6,9-12H,2,7-8,13-16H2,(H,23,28). The zero-order valence-electron chi connectivity index (χ0n) is 16.2. The molecule has 1 aliphatic heterocycles. The van der Waals surface area contributed by atoms with Crippen molar-refractivity contribution in [3.05, 3.63) is 60.4 Å². The van der Waals surface area contributed by atoms with Crippen LogP contribution in [0.15, 0.2) is 59.9 Å². The van der Waals surface area contributed by atoms with Crippen molar-refractivity contribution in [2.45, 2.75) is 31.0 Å². The Hall–Kier alpha value is -2.87. The number of rotatable bonds is 7. The molecule has 1 N–H and O–H groups in total. The van der Waals surface area contributed by atoms with E-state index >= 15 is 0 Å². The molecule has 0 spiro atoms. The van der Waals surface area contributed by atoms with Gasteiger partial charge >= 0.3 is 0 Å². The Kier molecular flexibility index (Phi) is 6.41. The van der Waals surface area contributed by atoms with Crippen molar-refractivity contribution in [1.82, 2.24) is 25.1 Å². The zero-order valence-corrected chi connectivity index (χ0v) is 17.0. The van der Waals surface area contributed by atoms with Gasteiger partial charge in [0.1, 0.15) is 0 Å². The monoisotopic (exact) mass is 408 g/mol. The summed E-state index contributed by atoms with van der Waals surface area (Å²) in [7, 11) is 0. The van der Waals surface area contributed by atoms with Crippen LogP contribution in [0.25, 0.3) is 5.69 Å². The predicted molar refractivity (Wildman–Crippen MR) is 114 cm³/mol. The quantitative estimate of drug-likeness (QED) is 0.606. The number of hydrogen-bond acceptors (Lipinski definition) is 6. The van der Waals surface area contributed by atoms with Crippen LogP contribution in [0.1, 0.15) is 25.0 Å². The van der Waals surface area contributed by atoms with Gasteiger partial charge in [-0.25, -0.2) is 0 Å². The van der Waals surface area contributed by atoms with Crippen LogP contribution in [-0.2, 0) is 11.3 Å². The Morgan fingerprint density at radius 3 is 2.55 bits per heavy atom. The van der Waals surface area contributed by atoms with E-state index in [4.69, 9.17) is 0 Å². The van der Waals surface area contributed by atoms with Gasteiger partial charge in [-0.3, -0.25) is 14.3 Å². The van der Waals surface area contributed by atoms with Gasteiger partial charge in [0.2, 0.25) is 11.9 Å². The molecule has 0 aliphatic carbocycles. The minimum atomic E-state index is -0.0530. The van der Waals surface area contributed by atoms with E-state index in [9.17, 15) is 4.79 Å². The molecule has 3 heterocycles. The van der Waals surface area contributed by atoms with Crippen molar-refractivity contribution in [3.8, 4) is 5.69 Å². The molecule has 4 rings (SSSR count). The molecule has 0 unspecified atom stereocenters. The molecule has 8 heteroatoms. The third-order valence-corrected chi connectivity index (χ3v) is 5.72. The minimum absolute atomic E-state index is 0.0530. The summed E-state index contributed by atoms with van der Waals surface area (Å²) in [6.07, 6.45) is 5.31. The molecule has 29 heavy (non-hydrogen) atoms. The van der Waals surface area contributed by atoms with Gasteiger partial charge < -0.3 is 10.2 Å². The highest BCUT2D eigenvalue weighted by molar-refractivity contribution is 7.99. The summed E-state index contributed by atoms with van der Waals surface area (Å²) in [5.74, 6) is 1.08. The van der Waals surface area contributed by atoms with Crippen LogP contribution in [0.4, 0.5) is 5.95 Å². The number of carbonyl (C=O) groups excluding carboxylic acids is 1. The van der Waals surface area contributed by atoms with Gasteiger partial charge in [0.25, 0.3) is 0 Å². The van der Waals surface area contributed by atoms with E-state index in [1.165, 1.54) is 31.0 Å². The normalized spacial score (nSPS) is 14.0. The molecule has 1 fully saturated rings. The molecular formula is C21H24N6OS. The number of nitrogens with zero attached hydrogens (tertiary/aromatic N) is 5. The SMILES string of the molecule is O=C(CSc1nnc(N2CCCCC2)n1-c1ccccc1)NCc1ccccn1. The summed E-state index contributed by atoms with van der Waals surface area (Å²) >= 11 is 1.40. The predicted octanol–water partition coefficient (Wildman–Crippen LogP) is 3.06. The van der Waals surface area contributed by atoms with Gasteiger partial charge in [-0.2, -0.15) is 0 Å². The lowest BCUT2D eigenvalue weighted by Crippen LogP contribution is -2.31. The maximum Gasteiger partial charge on any atom is 0.232 e. The molecular weight excluding hydrogens is 384 g/mol. The van der Waals surface area contributed by atoms with Crippen LogP contribution in [-0.4, -0.2) is 44.5 Å². The molecule has 3 aromatic rings. The van der Waals surface area contributed by atoms with Crippen molar-refractivity contribution >= 4 is 23.6 Å². The van der Waals surface area contributed by atoms with E-state index in [1.54, 1.807) is 6.20 Å². The van der Waals surface area contributed by atoms with Crippen LogP contribution in [0.5, 0.6) is 0 Å². The highest BCUT2D eigenvalue weighted by Crippen LogP contribution is 2.28. The Morgan fingerprint density at radius 1 is 1.00 bits per heavy atom. The van der Waals surface area contributed by atoms with Crippen molar-refractivity contribution < 1.29 is 4.79 Å². The fraction of sp³-hybridized carbons (Fsp3) is 0.333. The van der Waals surface area contributed by atoms with Gasteiger partial charge in [-0.05, 0) is 43.5 Å². The number of para-hydroxylation sites is 1. The highest BCUT2D eigenvalue weighted by atomic mass is 32.2. The third kappa shape index (κ3) is 4.95.